The van der Waals surface area contributed by atoms with Crippen molar-refractivity contribution >= 4 is 12.0 Å². The molecule has 1 aliphatic carbocycles. The maximum atomic E-state index is 12.0. The Morgan fingerprint density at radius 3 is 2.70 bits per heavy atom. The molecule has 0 radical (unpaired) electrons. The Morgan fingerprint density at radius 2 is 1.96 bits per heavy atom. The van der Waals surface area contributed by atoms with Gasteiger partial charge >= 0.3 is 0 Å². The van der Waals surface area contributed by atoms with Gasteiger partial charge in [0.1, 0.15) is 0 Å². The third kappa shape index (κ3) is 4.31. The van der Waals surface area contributed by atoms with E-state index in [9.17, 15) is 4.79 Å². The van der Waals surface area contributed by atoms with Crippen LogP contribution < -0.4 is 5.32 Å². The minimum Gasteiger partial charge on any atom is -0.350 e. The molecule has 1 amide bonds. The molecule has 0 saturated heterocycles. The highest BCUT2D eigenvalue weighted by Gasteiger charge is 2.18. The molecule has 3 rings (SSSR count). The highest BCUT2D eigenvalue weighted by atomic mass is 16.1. The zero-order chi connectivity index (χ0) is 16.1. The third-order valence-corrected chi connectivity index (χ3v) is 4.41. The average molecular weight is 309 g/mol. The van der Waals surface area contributed by atoms with E-state index in [1.165, 1.54) is 12.8 Å². The van der Waals surface area contributed by atoms with Gasteiger partial charge in [-0.05, 0) is 49.8 Å². The first-order valence-electron chi connectivity index (χ1n) is 8.29. The first-order chi connectivity index (χ1) is 11.2. The summed E-state index contributed by atoms with van der Waals surface area (Å²) in [7, 11) is 0. The zero-order valence-corrected chi connectivity index (χ0v) is 13.5. The van der Waals surface area contributed by atoms with Crippen LogP contribution in [-0.2, 0) is 4.79 Å². The van der Waals surface area contributed by atoms with Crippen LogP contribution in [0, 0.1) is 5.92 Å². The molecule has 1 aromatic heterocycles. The lowest BCUT2D eigenvalue weighted by molar-refractivity contribution is -0.117. The van der Waals surface area contributed by atoms with Gasteiger partial charge in [0.05, 0.1) is 11.9 Å². The molecule has 1 N–H and O–H groups in total. The van der Waals surface area contributed by atoms with Gasteiger partial charge in [-0.2, -0.15) is 5.10 Å². The highest BCUT2D eigenvalue weighted by Crippen LogP contribution is 2.23. The van der Waals surface area contributed by atoms with Gasteiger partial charge in [0.15, 0.2) is 0 Å². The Kier molecular flexibility index (Phi) is 4.91. The fourth-order valence-corrected chi connectivity index (χ4v) is 2.97. The van der Waals surface area contributed by atoms with Gasteiger partial charge < -0.3 is 5.32 Å². The highest BCUT2D eigenvalue weighted by molar-refractivity contribution is 5.91. The first-order valence-corrected chi connectivity index (χ1v) is 8.29. The van der Waals surface area contributed by atoms with Crippen LogP contribution in [0.15, 0.2) is 48.8 Å². The van der Waals surface area contributed by atoms with Crippen molar-refractivity contribution in [3.8, 4) is 5.69 Å². The Labute approximate surface area is 137 Å². The Bertz CT molecular complexity index is 667. The molecule has 1 heterocycles. The van der Waals surface area contributed by atoms with Crippen molar-refractivity contribution in [2.75, 3.05) is 0 Å². The van der Waals surface area contributed by atoms with E-state index in [1.807, 2.05) is 42.6 Å². The SMILES string of the molecule is CC1CCC(NC(=O)C=Cc2cnn(-c3ccccc3)c2)CC1. The summed E-state index contributed by atoms with van der Waals surface area (Å²) in [6, 6.07) is 10.3. The van der Waals surface area contributed by atoms with E-state index in [2.05, 4.69) is 17.3 Å². The molecule has 1 fully saturated rings. The lowest BCUT2D eigenvalue weighted by Gasteiger charge is -2.26. The van der Waals surface area contributed by atoms with Crippen molar-refractivity contribution in [3.05, 3.63) is 54.4 Å². The fourth-order valence-electron chi connectivity index (χ4n) is 2.97. The number of aromatic nitrogens is 2. The lowest BCUT2D eigenvalue weighted by Crippen LogP contribution is -2.36. The molecule has 1 aliphatic rings. The van der Waals surface area contributed by atoms with Crippen molar-refractivity contribution < 1.29 is 4.79 Å². The second-order valence-electron chi connectivity index (χ2n) is 6.35. The van der Waals surface area contributed by atoms with Crippen molar-refractivity contribution in [2.24, 2.45) is 5.92 Å². The van der Waals surface area contributed by atoms with E-state index in [1.54, 1.807) is 17.0 Å². The number of amides is 1. The molecule has 0 unspecified atom stereocenters. The maximum absolute atomic E-state index is 12.0. The van der Waals surface area contributed by atoms with Crippen LogP contribution in [0.5, 0.6) is 0 Å². The molecule has 4 heteroatoms. The quantitative estimate of drug-likeness (QED) is 0.878. The molecule has 0 bridgehead atoms. The molecule has 0 atom stereocenters. The minimum atomic E-state index is -0.0167. The molecule has 2 aromatic rings. The van der Waals surface area contributed by atoms with E-state index in [4.69, 9.17) is 0 Å². The Hall–Kier alpha value is -2.36. The van der Waals surface area contributed by atoms with Crippen molar-refractivity contribution in [1.82, 2.24) is 15.1 Å². The van der Waals surface area contributed by atoms with Gasteiger partial charge in [-0.25, -0.2) is 4.68 Å². The standard InChI is InChI=1S/C19H23N3O/c1-15-7-10-17(11-8-15)21-19(23)12-9-16-13-20-22(14-16)18-5-3-2-4-6-18/h2-6,9,12-15,17H,7-8,10-11H2,1H3,(H,21,23). The average Bonchev–Trinajstić information content (AvgIpc) is 3.05. The monoisotopic (exact) mass is 309 g/mol. The predicted octanol–water partition coefficient (Wildman–Crippen LogP) is 3.58. The fraction of sp³-hybridized carbons (Fsp3) is 0.368. The number of rotatable bonds is 4. The molecule has 0 spiro atoms. The number of hydrogen-bond acceptors (Lipinski definition) is 2. The second kappa shape index (κ2) is 7.27. The largest absolute Gasteiger partial charge is 0.350 e. The second-order valence-corrected chi connectivity index (χ2v) is 6.35. The Morgan fingerprint density at radius 1 is 1.22 bits per heavy atom. The number of carbonyl (C=O) groups excluding carboxylic acids is 1. The minimum absolute atomic E-state index is 0.0167. The van der Waals surface area contributed by atoms with Crippen LogP contribution in [0.4, 0.5) is 0 Å². The molecule has 1 aromatic carbocycles. The summed E-state index contributed by atoms with van der Waals surface area (Å²) in [5.74, 6) is 0.777. The van der Waals surface area contributed by atoms with E-state index in [-0.39, 0.29) is 5.91 Å². The maximum Gasteiger partial charge on any atom is 0.244 e. The van der Waals surface area contributed by atoms with Crippen LogP contribution in [0.2, 0.25) is 0 Å². The van der Waals surface area contributed by atoms with Gasteiger partial charge in [-0.1, -0.05) is 25.1 Å². The topological polar surface area (TPSA) is 46.9 Å². The molecule has 1 saturated carbocycles. The van der Waals surface area contributed by atoms with Crippen LogP contribution in [0.1, 0.15) is 38.2 Å². The van der Waals surface area contributed by atoms with Gasteiger partial charge in [0, 0.05) is 23.9 Å². The summed E-state index contributed by atoms with van der Waals surface area (Å²) < 4.78 is 1.81. The van der Waals surface area contributed by atoms with Crippen LogP contribution in [0.3, 0.4) is 0 Å². The van der Waals surface area contributed by atoms with Crippen LogP contribution >= 0.6 is 0 Å². The van der Waals surface area contributed by atoms with E-state index >= 15 is 0 Å². The van der Waals surface area contributed by atoms with Crippen molar-refractivity contribution in [3.63, 3.8) is 0 Å². The summed E-state index contributed by atoms with van der Waals surface area (Å²) in [5, 5.41) is 7.42. The number of nitrogens with one attached hydrogen (secondary N) is 1. The molecule has 4 nitrogen and oxygen atoms in total. The van der Waals surface area contributed by atoms with E-state index < -0.39 is 0 Å². The van der Waals surface area contributed by atoms with Gasteiger partial charge in [-0.3, -0.25) is 4.79 Å². The van der Waals surface area contributed by atoms with E-state index in [0.29, 0.717) is 6.04 Å². The number of benzene rings is 1. The first kappa shape index (κ1) is 15.5. The number of nitrogens with zero attached hydrogens (tertiary/aromatic N) is 2. The van der Waals surface area contributed by atoms with Crippen molar-refractivity contribution in [2.45, 2.75) is 38.6 Å². The number of carbonyl (C=O) groups is 1. The summed E-state index contributed by atoms with van der Waals surface area (Å²) in [6.07, 6.45) is 11.7. The molecular formula is C19H23N3O. The third-order valence-electron chi connectivity index (χ3n) is 4.41. The number of hydrogen-bond donors (Lipinski definition) is 1. The van der Waals surface area contributed by atoms with Crippen LogP contribution in [0.25, 0.3) is 11.8 Å². The molecule has 0 aliphatic heterocycles. The summed E-state index contributed by atoms with van der Waals surface area (Å²) in [4.78, 5) is 12.0. The summed E-state index contributed by atoms with van der Waals surface area (Å²) in [6.45, 7) is 2.28. The smallest absolute Gasteiger partial charge is 0.244 e. The van der Waals surface area contributed by atoms with Gasteiger partial charge in [0.2, 0.25) is 5.91 Å². The summed E-state index contributed by atoms with van der Waals surface area (Å²) >= 11 is 0. The van der Waals surface area contributed by atoms with Crippen LogP contribution in [-0.4, -0.2) is 21.7 Å². The predicted molar refractivity (Wildman–Crippen MR) is 92.2 cm³/mol. The Balaban J connectivity index is 1.55. The lowest BCUT2D eigenvalue weighted by atomic mass is 9.87. The zero-order valence-electron chi connectivity index (χ0n) is 13.5. The normalized spacial score (nSPS) is 21.4. The molecular weight excluding hydrogens is 286 g/mol. The van der Waals surface area contributed by atoms with Crippen molar-refractivity contribution in [1.29, 1.82) is 0 Å². The summed E-state index contributed by atoms with van der Waals surface area (Å²) in [5.41, 5.74) is 1.93. The molecule has 120 valence electrons. The van der Waals surface area contributed by atoms with Gasteiger partial charge in [0.25, 0.3) is 0 Å². The number of para-hydroxylation sites is 1. The molecule has 23 heavy (non-hydrogen) atoms. The van der Waals surface area contributed by atoms with E-state index in [0.717, 1.165) is 30.0 Å². The van der Waals surface area contributed by atoms with Gasteiger partial charge in [-0.15, -0.1) is 0 Å².